The Hall–Kier alpha value is -0.240. The van der Waals surface area contributed by atoms with Gasteiger partial charge in [0.25, 0.3) is 0 Å². The van der Waals surface area contributed by atoms with Gasteiger partial charge in [-0.15, -0.1) is 0 Å². The van der Waals surface area contributed by atoms with Gasteiger partial charge in [-0.2, -0.15) is 0 Å². The predicted molar refractivity (Wildman–Crippen MR) is 35.8 cm³/mol. The molecule has 1 rings (SSSR count). The van der Waals surface area contributed by atoms with Crippen molar-refractivity contribution in [2.24, 2.45) is 0 Å². The second-order valence-electron chi connectivity index (χ2n) is 2.95. The van der Waals surface area contributed by atoms with E-state index in [1.807, 2.05) is 0 Å². The molecular weight excluding hydrogens is 168 g/mol. The maximum atomic E-state index is 9.07. The molecule has 0 unspecified atom stereocenters. The van der Waals surface area contributed by atoms with E-state index in [9.17, 15) is 0 Å². The fraction of sp³-hybridized carbons (Fsp3) is 1.00. The lowest BCUT2D eigenvalue weighted by atomic mass is 9.97. The van der Waals surface area contributed by atoms with Crippen LogP contribution in [0.1, 0.15) is 6.42 Å². The first-order valence-corrected chi connectivity index (χ1v) is 3.51. The van der Waals surface area contributed by atoms with E-state index in [0.717, 1.165) is 0 Å². The van der Waals surface area contributed by atoms with Crippen LogP contribution in [0.15, 0.2) is 0 Å². The van der Waals surface area contributed by atoms with Crippen LogP contribution in [0.4, 0.5) is 0 Å². The molecule has 1 atom stereocenters. The minimum atomic E-state index is -2.67. The van der Waals surface area contributed by atoms with Crippen LogP contribution in [0, 0.1) is 0 Å². The van der Waals surface area contributed by atoms with Gasteiger partial charge in [-0.25, -0.2) is 0 Å². The summed E-state index contributed by atoms with van der Waals surface area (Å²) in [7, 11) is 0. The molecule has 0 amide bonds. The molecule has 0 aromatic rings. The van der Waals surface area contributed by atoms with E-state index in [-0.39, 0.29) is 6.61 Å². The van der Waals surface area contributed by atoms with Crippen LogP contribution in [-0.4, -0.2) is 56.4 Å². The van der Waals surface area contributed by atoms with Crippen molar-refractivity contribution < 1.29 is 30.3 Å². The molecule has 5 N–H and O–H groups in total. The molecule has 72 valence electrons. The Morgan fingerprint density at radius 2 is 1.75 bits per heavy atom. The zero-order chi connectivity index (χ0) is 9.41. The van der Waals surface area contributed by atoms with Crippen molar-refractivity contribution in [2.45, 2.75) is 24.1 Å². The third kappa shape index (κ3) is 1.58. The zero-order valence-electron chi connectivity index (χ0n) is 6.34. The standard InChI is InChI=1S/C6H12O6/c7-2-4-1-5(8,9)6(10,11)3-12-4/h4,7-11H,1-3H2/t4-/m0/s1. The van der Waals surface area contributed by atoms with Gasteiger partial charge >= 0.3 is 0 Å². The topological polar surface area (TPSA) is 110 Å². The van der Waals surface area contributed by atoms with Gasteiger partial charge in [0, 0.05) is 6.42 Å². The first-order valence-electron chi connectivity index (χ1n) is 3.51. The molecule has 0 bridgehead atoms. The lowest BCUT2D eigenvalue weighted by molar-refractivity contribution is -0.400. The summed E-state index contributed by atoms with van der Waals surface area (Å²) in [6, 6.07) is 0. The molecule has 12 heavy (non-hydrogen) atoms. The van der Waals surface area contributed by atoms with E-state index >= 15 is 0 Å². The molecule has 1 heterocycles. The summed E-state index contributed by atoms with van der Waals surface area (Å²) < 4.78 is 4.71. The second kappa shape index (κ2) is 2.91. The van der Waals surface area contributed by atoms with E-state index in [1.54, 1.807) is 0 Å². The molecule has 1 aliphatic rings. The van der Waals surface area contributed by atoms with Crippen molar-refractivity contribution in [1.29, 1.82) is 0 Å². The summed E-state index contributed by atoms with van der Waals surface area (Å²) in [4.78, 5) is 0. The zero-order valence-corrected chi connectivity index (χ0v) is 6.34. The van der Waals surface area contributed by atoms with E-state index < -0.39 is 30.7 Å². The Bertz CT molecular complexity index is 165. The minimum Gasteiger partial charge on any atom is -0.394 e. The molecule has 0 aliphatic carbocycles. The molecule has 0 radical (unpaired) electrons. The molecule has 1 fully saturated rings. The van der Waals surface area contributed by atoms with Crippen molar-refractivity contribution in [3.05, 3.63) is 0 Å². The summed E-state index contributed by atoms with van der Waals surface area (Å²) in [6.45, 7) is -1.02. The number of ether oxygens (including phenoxy) is 1. The van der Waals surface area contributed by atoms with Gasteiger partial charge in [-0.1, -0.05) is 0 Å². The first-order chi connectivity index (χ1) is 5.39. The number of hydrogen-bond donors (Lipinski definition) is 5. The Morgan fingerprint density at radius 3 is 2.17 bits per heavy atom. The summed E-state index contributed by atoms with van der Waals surface area (Å²) in [5.41, 5.74) is 0. The molecule has 1 aliphatic heterocycles. The van der Waals surface area contributed by atoms with Crippen LogP contribution in [0.25, 0.3) is 0 Å². The Kier molecular flexibility index (Phi) is 2.39. The molecule has 6 nitrogen and oxygen atoms in total. The van der Waals surface area contributed by atoms with Crippen molar-refractivity contribution in [3.63, 3.8) is 0 Å². The van der Waals surface area contributed by atoms with Gasteiger partial charge in [-0.3, -0.25) is 0 Å². The van der Waals surface area contributed by atoms with Crippen LogP contribution in [0.5, 0.6) is 0 Å². The Labute approximate surface area is 68.6 Å². The van der Waals surface area contributed by atoms with Gasteiger partial charge in [0.1, 0.15) is 6.61 Å². The van der Waals surface area contributed by atoms with E-state index in [2.05, 4.69) is 0 Å². The monoisotopic (exact) mass is 180 g/mol. The predicted octanol–water partition coefficient (Wildman–Crippen LogP) is -2.87. The molecule has 0 aromatic heterocycles. The number of aliphatic hydroxyl groups is 5. The molecule has 6 heteroatoms. The van der Waals surface area contributed by atoms with Crippen molar-refractivity contribution in [1.82, 2.24) is 0 Å². The Balaban J connectivity index is 2.68. The van der Waals surface area contributed by atoms with Gasteiger partial charge in [0.15, 0.2) is 0 Å². The fourth-order valence-corrected chi connectivity index (χ4v) is 1.01. The van der Waals surface area contributed by atoms with Crippen molar-refractivity contribution in [3.8, 4) is 0 Å². The highest BCUT2D eigenvalue weighted by Gasteiger charge is 2.52. The van der Waals surface area contributed by atoms with E-state index in [4.69, 9.17) is 30.3 Å². The maximum absolute atomic E-state index is 9.07. The average Bonchev–Trinajstić information content (AvgIpc) is 1.95. The molecule has 0 aromatic carbocycles. The Morgan fingerprint density at radius 1 is 1.17 bits per heavy atom. The second-order valence-corrected chi connectivity index (χ2v) is 2.95. The lowest BCUT2D eigenvalue weighted by Crippen LogP contribution is -2.63. The van der Waals surface area contributed by atoms with Gasteiger partial charge in [-0.05, 0) is 0 Å². The number of hydrogen-bond acceptors (Lipinski definition) is 6. The number of rotatable bonds is 1. The minimum absolute atomic E-state index is 0.390. The third-order valence-electron chi connectivity index (χ3n) is 1.88. The van der Waals surface area contributed by atoms with Crippen LogP contribution >= 0.6 is 0 Å². The fourth-order valence-electron chi connectivity index (χ4n) is 1.01. The summed E-state index contributed by atoms with van der Waals surface area (Å²) in [5.74, 6) is -5.29. The normalized spacial score (nSPS) is 33.2. The molecule has 0 saturated carbocycles. The van der Waals surface area contributed by atoms with Crippen molar-refractivity contribution >= 4 is 0 Å². The highest BCUT2D eigenvalue weighted by atomic mass is 16.6. The summed E-state index contributed by atoms with van der Waals surface area (Å²) in [6.07, 6.45) is -1.20. The molecule has 0 spiro atoms. The quantitative estimate of drug-likeness (QED) is 0.277. The van der Waals surface area contributed by atoms with Crippen LogP contribution in [-0.2, 0) is 4.74 Å². The van der Waals surface area contributed by atoms with Crippen LogP contribution in [0.3, 0.4) is 0 Å². The number of aliphatic hydroxyl groups excluding tert-OH is 1. The molecular formula is C6H12O6. The van der Waals surface area contributed by atoms with Gasteiger partial charge in [0.05, 0.1) is 12.7 Å². The van der Waals surface area contributed by atoms with E-state index in [1.165, 1.54) is 0 Å². The van der Waals surface area contributed by atoms with Crippen molar-refractivity contribution in [2.75, 3.05) is 13.2 Å². The highest BCUT2D eigenvalue weighted by Crippen LogP contribution is 2.28. The largest absolute Gasteiger partial charge is 0.394 e. The lowest BCUT2D eigenvalue weighted by Gasteiger charge is -2.41. The third-order valence-corrected chi connectivity index (χ3v) is 1.88. The van der Waals surface area contributed by atoms with Gasteiger partial charge in [0.2, 0.25) is 11.6 Å². The van der Waals surface area contributed by atoms with Crippen LogP contribution in [0.2, 0.25) is 0 Å². The first kappa shape index (κ1) is 9.85. The van der Waals surface area contributed by atoms with Crippen LogP contribution < -0.4 is 0 Å². The SMILES string of the molecule is OC[C@@H]1CC(O)(O)C(O)(O)CO1. The average molecular weight is 180 g/mol. The highest BCUT2D eigenvalue weighted by molar-refractivity contribution is 4.89. The van der Waals surface area contributed by atoms with Gasteiger partial charge < -0.3 is 30.3 Å². The maximum Gasteiger partial charge on any atom is 0.242 e. The van der Waals surface area contributed by atoms with E-state index in [0.29, 0.717) is 0 Å². The molecule has 1 saturated heterocycles. The summed E-state index contributed by atoms with van der Waals surface area (Å²) in [5, 5.41) is 44.6. The summed E-state index contributed by atoms with van der Waals surface area (Å²) >= 11 is 0. The smallest absolute Gasteiger partial charge is 0.242 e.